The highest BCUT2D eigenvalue weighted by atomic mass is 16.5. The summed E-state index contributed by atoms with van der Waals surface area (Å²) < 4.78 is 5.14. The minimum Gasteiger partial charge on any atom is -0.497 e. The van der Waals surface area contributed by atoms with Crippen LogP contribution in [0.15, 0.2) is 48.5 Å². The molecule has 0 atom stereocenters. The van der Waals surface area contributed by atoms with E-state index < -0.39 is 5.41 Å². The van der Waals surface area contributed by atoms with E-state index in [4.69, 9.17) is 4.74 Å². The SMILES string of the molecule is COc1ccc(CCNC(=O)C(C)(C)C(=O)N2CCc3ccccc32)cc1. The summed E-state index contributed by atoms with van der Waals surface area (Å²) in [5, 5.41) is 2.91. The lowest BCUT2D eigenvalue weighted by Crippen LogP contribution is -2.49. The zero-order valence-corrected chi connectivity index (χ0v) is 16.1. The average Bonchev–Trinajstić information content (AvgIpc) is 3.11. The monoisotopic (exact) mass is 366 g/mol. The highest BCUT2D eigenvalue weighted by Crippen LogP contribution is 2.31. The van der Waals surface area contributed by atoms with Crippen LogP contribution < -0.4 is 15.0 Å². The lowest BCUT2D eigenvalue weighted by molar-refractivity contribution is -0.139. The number of ether oxygens (including phenoxy) is 1. The van der Waals surface area contributed by atoms with Gasteiger partial charge in [0.25, 0.3) is 0 Å². The summed E-state index contributed by atoms with van der Waals surface area (Å²) in [6.45, 7) is 4.50. The van der Waals surface area contributed by atoms with Gasteiger partial charge in [0.2, 0.25) is 11.8 Å². The third-order valence-corrected chi connectivity index (χ3v) is 5.09. The number of rotatable bonds is 6. The fourth-order valence-electron chi connectivity index (χ4n) is 3.32. The average molecular weight is 366 g/mol. The van der Waals surface area contributed by atoms with Crippen molar-refractivity contribution in [2.24, 2.45) is 5.41 Å². The summed E-state index contributed by atoms with van der Waals surface area (Å²) in [7, 11) is 1.63. The molecule has 1 N–H and O–H groups in total. The van der Waals surface area contributed by atoms with E-state index in [1.165, 1.54) is 0 Å². The number of methoxy groups -OCH3 is 1. The molecule has 0 aromatic heterocycles. The molecule has 0 spiro atoms. The molecule has 0 aliphatic carbocycles. The predicted octanol–water partition coefficient (Wildman–Crippen LogP) is 2.97. The number of fused-ring (bicyclic) bond motifs is 1. The lowest BCUT2D eigenvalue weighted by Gasteiger charge is -2.28. The molecule has 0 saturated carbocycles. The molecule has 2 aromatic rings. The van der Waals surface area contributed by atoms with E-state index in [1.54, 1.807) is 25.9 Å². The van der Waals surface area contributed by atoms with Crippen molar-refractivity contribution in [3.8, 4) is 5.75 Å². The van der Waals surface area contributed by atoms with Crippen LogP contribution >= 0.6 is 0 Å². The van der Waals surface area contributed by atoms with Crippen LogP contribution in [0.3, 0.4) is 0 Å². The Morgan fingerprint density at radius 2 is 1.81 bits per heavy atom. The summed E-state index contributed by atoms with van der Waals surface area (Å²) in [4.78, 5) is 27.4. The predicted molar refractivity (Wildman–Crippen MR) is 106 cm³/mol. The van der Waals surface area contributed by atoms with Gasteiger partial charge < -0.3 is 15.0 Å². The Hall–Kier alpha value is -2.82. The van der Waals surface area contributed by atoms with Gasteiger partial charge in [-0.05, 0) is 56.0 Å². The number of carbonyl (C=O) groups is 2. The van der Waals surface area contributed by atoms with Crippen LogP contribution in [0.2, 0.25) is 0 Å². The molecular formula is C22H26N2O3. The van der Waals surface area contributed by atoms with Gasteiger partial charge in [0.05, 0.1) is 7.11 Å². The van der Waals surface area contributed by atoms with Gasteiger partial charge in [-0.1, -0.05) is 30.3 Å². The van der Waals surface area contributed by atoms with Gasteiger partial charge in [-0.2, -0.15) is 0 Å². The van der Waals surface area contributed by atoms with Crippen molar-refractivity contribution in [1.29, 1.82) is 0 Å². The van der Waals surface area contributed by atoms with E-state index in [2.05, 4.69) is 5.32 Å². The number of hydrogen-bond donors (Lipinski definition) is 1. The van der Waals surface area contributed by atoms with Crippen molar-refractivity contribution in [3.63, 3.8) is 0 Å². The van der Waals surface area contributed by atoms with Gasteiger partial charge in [-0.25, -0.2) is 0 Å². The second kappa shape index (κ2) is 7.82. The van der Waals surface area contributed by atoms with Crippen molar-refractivity contribution in [3.05, 3.63) is 59.7 Å². The second-order valence-corrected chi connectivity index (χ2v) is 7.31. The first-order chi connectivity index (χ1) is 12.9. The fraction of sp³-hybridized carbons (Fsp3) is 0.364. The Balaban J connectivity index is 1.59. The highest BCUT2D eigenvalue weighted by Gasteiger charge is 2.41. The summed E-state index contributed by atoms with van der Waals surface area (Å²) in [5.41, 5.74) is 2.06. The molecule has 1 heterocycles. The van der Waals surface area contributed by atoms with Crippen LogP contribution in [-0.2, 0) is 22.4 Å². The smallest absolute Gasteiger partial charge is 0.242 e. The molecule has 3 rings (SSSR count). The van der Waals surface area contributed by atoms with Crippen LogP contribution in [0, 0.1) is 5.41 Å². The van der Waals surface area contributed by atoms with Crippen molar-refractivity contribution in [2.45, 2.75) is 26.7 Å². The molecular weight excluding hydrogens is 340 g/mol. The third-order valence-electron chi connectivity index (χ3n) is 5.09. The zero-order valence-electron chi connectivity index (χ0n) is 16.1. The van der Waals surface area contributed by atoms with Crippen LogP contribution in [0.1, 0.15) is 25.0 Å². The van der Waals surface area contributed by atoms with E-state index in [0.29, 0.717) is 19.5 Å². The molecule has 0 radical (unpaired) electrons. The van der Waals surface area contributed by atoms with Crippen molar-refractivity contribution >= 4 is 17.5 Å². The molecule has 1 aliphatic heterocycles. The molecule has 2 aromatic carbocycles. The molecule has 0 saturated heterocycles. The summed E-state index contributed by atoms with van der Waals surface area (Å²) in [5.74, 6) is 0.403. The Labute approximate surface area is 160 Å². The molecule has 2 amide bonds. The van der Waals surface area contributed by atoms with E-state index in [9.17, 15) is 9.59 Å². The largest absolute Gasteiger partial charge is 0.497 e. The second-order valence-electron chi connectivity index (χ2n) is 7.31. The van der Waals surface area contributed by atoms with E-state index in [0.717, 1.165) is 29.0 Å². The van der Waals surface area contributed by atoms with Gasteiger partial charge in [0.1, 0.15) is 11.2 Å². The molecule has 142 valence electrons. The number of nitrogens with one attached hydrogen (secondary N) is 1. The van der Waals surface area contributed by atoms with Crippen molar-refractivity contribution < 1.29 is 14.3 Å². The molecule has 27 heavy (non-hydrogen) atoms. The number of amides is 2. The first kappa shape index (κ1) is 19.0. The molecule has 5 nitrogen and oxygen atoms in total. The van der Waals surface area contributed by atoms with Crippen LogP contribution in [0.25, 0.3) is 0 Å². The quantitative estimate of drug-likeness (QED) is 0.800. The van der Waals surface area contributed by atoms with Gasteiger partial charge in [-0.15, -0.1) is 0 Å². The Morgan fingerprint density at radius 1 is 1.11 bits per heavy atom. The maximum Gasteiger partial charge on any atom is 0.242 e. The lowest BCUT2D eigenvalue weighted by atomic mass is 9.90. The number of para-hydroxylation sites is 1. The van der Waals surface area contributed by atoms with Crippen LogP contribution in [0.4, 0.5) is 5.69 Å². The zero-order chi connectivity index (χ0) is 19.4. The Kier molecular flexibility index (Phi) is 5.49. The Morgan fingerprint density at radius 3 is 2.52 bits per heavy atom. The molecule has 1 aliphatic rings. The van der Waals surface area contributed by atoms with Gasteiger partial charge >= 0.3 is 0 Å². The van der Waals surface area contributed by atoms with Crippen LogP contribution in [-0.4, -0.2) is 32.0 Å². The number of nitrogens with zero attached hydrogens (tertiary/aromatic N) is 1. The van der Waals surface area contributed by atoms with E-state index >= 15 is 0 Å². The Bertz CT molecular complexity index is 828. The number of carbonyl (C=O) groups excluding carboxylic acids is 2. The standard InChI is InChI=1S/C22H26N2O3/c1-22(2,21(26)24-15-13-17-6-4-5-7-19(17)24)20(25)23-14-12-16-8-10-18(27-3)11-9-16/h4-11H,12-15H2,1-3H3,(H,23,25). The number of anilines is 1. The minimum absolute atomic E-state index is 0.158. The highest BCUT2D eigenvalue weighted by molar-refractivity contribution is 6.11. The summed E-state index contributed by atoms with van der Waals surface area (Å²) >= 11 is 0. The van der Waals surface area contributed by atoms with Gasteiger partial charge in [0, 0.05) is 18.8 Å². The van der Waals surface area contributed by atoms with E-state index in [-0.39, 0.29) is 11.8 Å². The van der Waals surface area contributed by atoms with Crippen LogP contribution in [0.5, 0.6) is 5.75 Å². The van der Waals surface area contributed by atoms with E-state index in [1.807, 2.05) is 48.5 Å². The summed E-state index contributed by atoms with van der Waals surface area (Å²) in [6.07, 6.45) is 1.53. The van der Waals surface area contributed by atoms with Gasteiger partial charge in [0.15, 0.2) is 0 Å². The fourth-order valence-corrected chi connectivity index (χ4v) is 3.32. The maximum atomic E-state index is 13.0. The summed E-state index contributed by atoms with van der Waals surface area (Å²) in [6, 6.07) is 15.6. The van der Waals surface area contributed by atoms with Crippen molar-refractivity contribution in [1.82, 2.24) is 5.32 Å². The number of benzene rings is 2. The normalized spacial score (nSPS) is 13.2. The molecule has 0 bridgehead atoms. The first-order valence-corrected chi connectivity index (χ1v) is 9.24. The molecule has 0 unspecified atom stereocenters. The van der Waals surface area contributed by atoms with Crippen molar-refractivity contribution in [2.75, 3.05) is 25.1 Å². The molecule has 0 fully saturated rings. The third kappa shape index (κ3) is 3.97. The first-order valence-electron chi connectivity index (χ1n) is 9.24. The number of hydrogen-bond acceptors (Lipinski definition) is 3. The van der Waals surface area contributed by atoms with Gasteiger partial charge in [-0.3, -0.25) is 9.59 Å². The topological polar surface area (TPSA) is 58.6 Å². The minimum atomic E-state index is -1.11. The molecule has 5 heteroatoms. The maximum absolute atomic E-state index is 13.0.